The first-order valence-corrected chi connectivity index (χ1v) is 17.0. The van der Waals surface area contributed by atoms with Gasteiger partial charge in [-0.2, -0.15) is 0 Å². The number of aromatic nitrogens is 4. The molecule has 0 spiro atoms. The zero-order valence-corrected chi connectivity index (χ0v) is 29.5. The zero-order chi connectivity index (χ0) is 35.3. The van der Waals surface area contributed by atoms with E-state index in [1.165, 1.54) is 24.5 Å². The number of fused-ring (bicyclic) bond motifs is 8. The maximum atomic E-state index is 14.5. The van der Waals surface area contributed by atoms with Crippen LogP contribution in [0.4, 0.5) is 0 Å². The molecule has 6 rings (SSSR count). The fourth-order valence-corrected chi connectivity index (χ4v) is 7.56. The van der Waals surface area contributed by atoms with E-state index in [1.807, 2.05) is 19.1 Å². The minimum absolute atomic E-state index is 0.00473. The molecule has 49 heavy (non-hydrogen) atoms. The normalized spacial score (nSPS) is 17.2. The van der Waals surface area contributed by atoms with Gasteiger partial charge in [0.05, 0.1) is 40.8 Å². The van der Waals surface area contributed by atoms with Crippen LogP contribution in [0.25, 0.3) is 33.2 Å². The van der Waals surface area contributed by atoms with Crippen LogP contribution < -0.4 is 5.32 Å². The zero-order valence-electron chi connectivity index (χ0n) is 29.5. The summed E-state index contributed by atoms with van der Waals surface area (Å²) in [4.78, 5) is 71.3. The molecule has 3 aliphatic heterocycles. The topological polar surface area (TPSA) is 150 Å². The van der Waals surface area contributed by atoms with Crippen LogP contribution in [0.5, 0.6) is 0 Å². The number of carbonyl (C=O) groups excluding carboxylic acids is 4. The first-order chi connectivity index (χ1) is 23.4. The lowest BCUT2D eigenvalue weighted by Crippen LogP contribution is -2.44. The highest BCUT2D eigenvalue weighted by atomic mass is 16.5. The Kier molecular flexibility index (Phi) is 9.04. The van der Waals surface area contributed by atoms with E-state index in [1.54, 1.807) is 0 Å². The molecule has 0 fully saturated rings. The predicted molar refractivity (Wildman–Crippen MR) is 189 cm³/mol. The molecule has 2 unspecified atom stereocenters. The number of imide groups is 1. The lowest BCUT2D eigenvalue weighted by atomic mass is 9.84. The Labute approximate surface area is 285 Å². The van der Waals surface area contributed by atoms with Gasteiger partial charge in [0.15, 0.2) is 0 Å². The van der Waals surface area contributed by atoms with Crippen molar-refractivity contribution in [1.29, 1.82) is 0 Å². The van der Waals surface area contributed by atoms with Crippen LogP contribution in [0.2, 0.25) is 0 Å². The molecule has 11 nitrogen and oxygen atoms in total. The SMILES string of the molecule is CCC1=C(C)c2cc3[nH]c(cc4nc(c5c6[nH]c(cc1n2)c(C)c6C(=O)N(CCNC(C)=O)C5=O)C(CCC(=O)OC)C4C)c(C)c3CC. The third kappa shape index (κ3) is 5.74. The number of hydrogen-bond donors (Lipinski definition) is 3. The Hall–Kier alpha value is -5.06. The molecular formula is C38H44N6O5. The van der Waals surface area contributed by atoms with Gasteiger partial charge in [0.2, 0.25) is 5.91 Å². The number of nitrogens with one attached hydrogen (secondary N) is 3. The fourth-order valence-electron chi connectivity index (χ4n) is 7.56. The third-order valence-electron chi connectivity index (χ3n) is 10.4. The van der Waals surface area contributed by atoms with Crippen molar-refractivity contribution in [3.63, 3.8) is 0 Å². The quantitative estimate of drug-likeness (QED) is 0.186. The number of hydrogen-bond acceptors (Lipinski definition) is 7. The molecule has 0 aromatic carbocycles. The minimum Gasteiger partial charge on any atom is -0.469 e. The van der Waals surface area contributed by atoms with Crippen molar-refractivity contribution in [2.45, 2.75) is 86.0 Å². The van der Waals surface area contributed by atoms with Gasteiger partial charge in [0.1, 0.15) is 0 Å². The summed E-state index contributed by atoms with van der Waals surface area (Å²) in [5.74, 6) is -2.00. The summed E-state index contributed by atoms with van der Waals surface area (Å²) in [5.41, 5.74) is 11.9. The van der Waals surface area contributed by atoms with Crippen molar-refractivity contribution >= 4 is 56.9 Å². The number of carbonyl (C=O) groups is 4. The molecule has 0 radical (unpaired) electrons. The molecule has 11 heteroatoms. The number of methoxy groups -OCH3 is 1. The van der Waals surface area contributed by atoms with Gasteiger partial charge < -0.3 is 20.0 Å². The van der Waals surface area contributed by atoms with E-state index in [9.17, 15) is 19.2 Å². The fraction of sp³-hybridized carbons (Fsp3) is 0.421. The molecule has 3 N–H and O–H groups in total. The Balaban J connectivity index is 1.75. The van der Waals surface area contributed by atoms with Gasteiger partial charge in [0, 0.05) is 60.5 Å². The van der Waals surface area contributed by atoms with Crippen molar-refractivity contribution in [3.8, 4) is 0 Å². The number of rotatable bonds is 8. The second-order valence-corrected chi connectivity index (χ2v) is 13.1. The number of esters is 1. The van der Waals surface area contributed by atoms with Gasteiger partial charge in [0.25, 0.3) is 11.8 Å². The number of ether oxygens (including phenoxy) is 1. The number of aryl methyl sites for hydroxylation is 3. The van der Waals surface area contributed by atoms with E-state index >= 15 is 0 Å². The largest absolute Gasteiger partial charge is 0.469 e. The molecule has 0 saturated carbocycles. The number of nitrogens with zero attached hydrogens (tertiary/aromatic N) is 3. The highest BCUT2D eigenvalue weighted by Gasteiger charge is 2.41. The Morgan fingerprint density at radius 1 is 0.918 bits per heavy atom. The van der Waals surface area contributed by atoms with Crippen molar-refractivity contribution in [1.82, 2.24) is 30.2 Å². The van der Waals surface area contributed by atoms with Crippen LogP contribution in [-0.4, -0.2) is 68.7 Å². The molecule has 3 aromatic rings. The van der Waals surface area contributed by atoms with E-state index in [2.05, 4.69) is 56.0 Å². The molecule has 3 aliphatic rings. The lowest BCUT2D eigenvalue weighted by Gasteiger charge is -2.27. The van der Waals surface area contributed by atoms with Gasteiger partial charge in [-0.25, -0.2) is 4.98 Å². The number of H-pyrrole nitrogens is 2. The molecular weight excluding hydrogens is 620 g/mol. The van der Waals surface area contributed by atoms with Crippen molar-refractivity contribution < 1.29 is 23.9 Å². The van der Waals surface area contributed by atoms with E-state index in [-0.39, 0.29) is 43.2 Å². The van der Waals surface area contributed by atoms with Crippen molar-refractivity contribution in [3.05, 3.63) is 68.8 Å². The Morgan fingerprint density at radius 2 is 1.61 bits per heavy atom. The summed E-state index contributed by atoms with van der Waals surface area (Å²) in [7, 11) is 1.36. The molecule has 0 aliphatic carbocycles. The summed E-state index contributed by atoms with van der Waals surface area (Å²) in [6, 6.07) is 6.12. The van der Waals surface area contributed by atoms with Gasteiger partial charge in [-0.05, 0) is 86.1 Å². The predicted octanol–water partition coefficient (Wildman–Crippen LogP) is 6.41. The summed E-state index contributed by atoms with van der Waals surface area (Å²) < 4.78 is 4.99. The average Bonchev–Trinajstić information content (AvgIpc) is 3.74. The van der Waals surface area contributed by atoms with Crippen LogP contribution in [0.3, 0.4) is 0 Å². The number of aromatic amines is 2. The monoisotopic (exact) mass is 664 g/mol. The molecule has 0 saturated heterocycles. The molecule has 2 atom stereocenters. The Bertz CT molecular complexity index is 2120. The summed E-state index contributed by atoms with van der Waals surface area (Å²) in [6.07, 6.45) is 2.13. The van der Waals surface area contributed by atoms with Crippen LogP contribution >= 0.6 is 0 Å². The van der Waals surface area contributed by atoms with E-state index in [0.717, 1.165) is 57.7 Å². The van der Waals surface area contributed by atoms with E-state index in [4.69, 9.17) is 14.7 Å². The van der Waals surface area contributed by atoms with Crippen molar-refractivity contribution in [2.24, 2.45) is 0 Å². The second kappa shape index (κ2) is 13.1. The van der Waals surface area contributed by atoms with Crippen molar-refractivity contribution in [2.75, 3.05) is 20.2 Å². The van der Waals surface area contributed by atoms with Crippen LogP contribution in [0.1, 0.15) is 126 Å². The molecule has 8 bridgehead atoms. The molecule has 256 valence electrons. The smallest absolute Gasteiger partial charge is 0.305 e. The van der Waals surface area contributed by atoms with Crippen LogP contribution in [-0.2, 0) is 20.7 Å². The highest BCUT2D eigenvalue weighted by Crippen LogP contribution is 2.44. The summed E-state index contributed by atoms with van der Waals surface area (Å²) in [5, 5.41) is 2.71. The standard InChI is InChI=1S/C38H44N6O5/c1-9-23-18(3)26-15-28-20(5)25(11-12-32(46)49-8)35(42-28)34-36-33(37(47)44(38(34)48)14-13-39-22(7)45)21(6)29(43-36)17-31-24(10-2)19(4)27(41-31)16-30(23)40-26/h15-17,20,25,40,43H,9-14H2,1-8H3,(H,39,45). The van der Waals surface area contributed by atoms with Gasteiger partial charge in [-0.1, -0.05) is 20.8 Å². The number of amides is 3. The molecule has 3 aromatic heterocycles. The molecule has 6 heterocycles. The van der Waals surface area contributed by atoms with Gasteiger partial charge in [-0.3, -0.25) is 29.1 Å². The Morgan fingerprint density at radius 3 is 2.29 bits per heavy atom. The first-order valence-electron chi connectivity index (χ1n) is 17.0. The highest BCUT2D eigenvalue weighted by molar-refractivity contribution is 6.23. The minimum atomic E-state index is -0.493. The van der Waals surface area contributed by atoms with Crippen LogP contribution in [0, 0.1) is 13.8 Å². The number of allylic oxidation sites excluding steroid dienone is 2. The van der Waals surface area contributed by atoms with E-state index in [0.29, 0.717) is 39.8 Å². The van der Waals surface area contributed by atoms with Gasteiger partial charge in [-0.15, -0.1) is 0 Å². The maximum absolute atomic E-state index is 14.5. The molecule has 3 amide bonds. The summed E-state index contributed by atoms with van der Waals surface area (Å²) in [6.45, 7) is 13.9. The van der Waals surface area contributed by atoms with Gasteiger partial charge >= 0.3 is 5.97 Å². The second-order valence-electron chi connectivity index (χ2n) is 13.1. The maximum Gasteiger partial charge on any atom is 0.305 e. The summed E-state index contributed by atoms with van der Waals surface area (Å²) >= 11 is 0. The van der Waals surface area contributed by atoms with Crippen LogP contribution in [0.15, 0.2) is 18.2 Å². The first kappa shape index (κ1) is 33.8. The average molecular weight is 665 g/mol. The van der Waals surface area contributed by atoms with E-state index < -0.39 is 11.8 Å². The third-order valence-corrected chi connectivity index (χ3v) is 10.4. The lowest BCUT2D eigenvalue weighted by molar-refractivity contribution is -0.140.